The molecular formula is C16H18F3NO4. The van der Waals surface area contributed by atoms with Gasteiger partial charge in [-0.15, -0.1) is 0 Å². The van der Waals surface area contributed by atoms with Crippen LogP contribution >= 0.6 is 0 Å². The van der Waals surface area contributed by atoms with Gasteiger partial charge in [-0.25, -0.2) is 4.79 Å². The Morgan fingerprint density at radius 1 is 1.33 bits per heavy atom. The second-order valence-corrected chi connectivity index (χ2v) is 5.48. The third-order valence-corrected chi connectivity index (χ3v) is 3.75. The minimum atomic E-state index is -4.42. The van der Waals surface area contributed by atoms with Gasteiger partial charge in [0.05, 0.1) is 12.7 Å². The lowest BCUT2D eigenvalue weighted by molar-refractivity contribution is -0.146. The van der Waals surface area contributed by atoms with Crippen LogP contribution in [-0.2, 0) is 31.7 Å². The molecule has 24 heavy (non-hydrogen) atoms. The fourth-order valence-electron chi connectivity index (χ4n) is 2.45. The number of halogens is 3. The highest BCUT2D eigenvalue weighted by Gasteiger charge is 2.31. The van der Waals surface area contributed by atoms with Crippen LogP contribution < -0.4 is 5.32 Å². The van der Waals surface area contributed by atoms with Gasteiger partial charge in [-0.2, -0.15) is 13.2 Å². The zero-order valence-corrected chi connectivity index (χ0v) is 13.1. The standard InChI is InChI=1S/C16H18F3NO4/c1-23-15(22)12(20-14(21)13-3-2-8-24-13)9-10-4-6-11(7-5-10)16(17,18)19/h4-7,12-13H,2-3,8-9H2,1H3,(H,20,21)/t12-,13+/m1/s1. The Kier molecular flexibility index (Phi) is 5.82. The van der Waals surface area contributed by atoms with E-state index < -0.39 is 35.8 Å². The molecule has 0 spiro atoms. The molecule has 1 heterocycles. The van der Waals surface area contributed by atoms with Gasteiger partial charge in [0.15, 0.2) is 0 Å². The molecule has 2 rings (SSSR count). The van der Waals surface area contributed by atoms with Crippen molar-refractivity contribution < 1.29 is 32.2 Å². The lowest BCUT2D eigenvalue weighted by Crippen LogP contribution is -2.47. The molecular weight excluding hydrogens is 327 g/mol. The summed E-state index contributed by atoms with van der Waals surface area (Å²) in [5, 5.41) is 2.54. The van der Waals surface area contributed by atoms with Crippen LogP contribution in [0.1, 0.15) is 24.0 Å². The number of carbonyl (C=O) groups excluding carboxylic acids is 2. The summed E-state index contributed by atoms with van der Waals surface area (Å²) in [5.41, 5.74) is -0.296. The first kappa shape index (κ1) is 18.3. The van der Waals surface area contributed by atoms with E-state index in [2.05, 4.69) is 10.1 Å². The molecule has 2 atom stereocenters. The number of alkyl halides is 3. The minimum absolute atomic E-state index is 0.0310. The van der Waals surface area contributed by atoms with Crippen LogP contribution in [-0.4, -0.2) is 37.7 Å². The molecule has 0 radical (unpaired) electrons. The van der Waals surface area contributed by atoms with Crippen molar-refractivity contribution in [1.82, 2.24) is 5.32 Å². The van der Waals surface area contributed by atoms with Crippen molar-refractivity contribution >= 4 is 11.9 Å². The lowest BCUT2D eigenvalue weighted by atomic mass is 10.0. The summed E-state index contributed by atoms with van der Waals surface area (Å²) < 4.78 is 47.6. The van der Waals surface area contributed by atoms with E-state index in [9.17, 15) is 22.8 Å². The molecule has 0 bridgehead atoms. The van der Waals surface area contributed by atoms with Crippen molar-refractivity contribution in [2.24, 2.45) is 0 Å². The van der Waals surface area contributed by atoms with E-state index in [1.54, 1.807) is 0 Å². The molecule has 8 heteroatoms. The van der Waals surface area contributed by atoms with Crippen LogP contribution in [0.25, 0.3) is 0 Å². The highest BCUT2D eigenvalue weighted by molar-refractivity contribution is 5.87. The van der Waals surface area contributed by atoms with Crippen LogP contribution in [0.15, 0.2) is 24.3 Å². The summed E-state index contributed by atoms with van der Waals surface area (Å²) in [7, 11) is 1.18. The molecule has 1 aromatic carbocycles. The maximum absolute atomic E-state index is 12.6. The van der Waals surface area contributed by atoms with Gasteiger partial charge in [0.1, 0.15) is 12.1 Å². The van der Waals surface area contributed by atoms with Crippen molar-refractivity contribution in [3.05, 3.63) is 35.4 Å². The Morgan fingerprint density at radius 3 is 2.50 bits per heavy atom. The Labute approximate surface area is 137 Å². The molecule has 1 saturated heterocycles. The highest BCUT2D eigenvalue weighted by Crippen LogP contribution is 2.29. The Bertz CT molecular complexity index is 580. The van der Waals surface area contributed by atoms with Gasteiger partial charge in [-0.3, -0.25) is 4.79 Å². The van der Waals surface area contributed by atoms with E-state index in [0.29, 0.717) is 18.6 Å². The molecule has 1 N–H and O–H groups in total. The normalized spacial score (nSPS) is 18.9. The number of benzene rings is 1. The van der Waals surface area contributed by atoms with Crippen LogP contribution in [0.4, 0.5) is 13.2 Å². The Balaban J connectivity index is 2.05. The van der Waals surface area contributed by atoms with Crippen molar-refractivity contribution in [3.63, 3.8) is 0 Å². The molecule has 1 aromatic rings. The zero-order chi connectivity index (χ0) is 17.7. The second-order valence-electron chi connectivity index (χ2n) is 5.48. The average Bonchev–Trinajstić information content (AvgIpc) is 3.07. The molecule has 1 aliphatic heterocycles. The summed E-state index contributed by atoms with van der Waals surface area (Å²) in [6, 6.07) is 3.44. The topological polar surface area (TPSA) is 64.6 Å². The summed E-state index contributed by atoms with van der Waals surface area (Å²) in [4.78, 5) is 23.9. The fraction of sp³-hybridized carbons (Fsp3) is 0.500. The van der Waals surface area contributed by atoms with Crippen molar-refractivity contribution in [3.8, 4) is 0 Å². The third kappa shape index (κ3) is 4.70. The molecule has 0 aromatic heterocycles. The van der Waals surface area contributed by atoms with Gasteiger partial charge >= 0.3 is 12.1 Å². The van der Waals surface area contributed by atoms with Crippen LogP contribution in [0, 0.1) is 0 Å². The Hall–Kier alpha value is -2.09. The van der Waals surface area contributed by atoms with E-state index >= 15 is 0 Å². The van der Waals surface area contributed by atoms with Crippen LogP contribution in [0.3, 0.4) is 0 Å². The summed E-state index contributed by atoms with van der Waals surface area (Å²) in [5.74, 6) is -1.09. The van der Waals surface area contributed by atoms with Gasteiger partial charge < -0.3 is 14.8 Å². The first-order chi connectivity index (χ1) is 11.3. The van der Waals surface area contributed by atoms with E-state index in [-0.39, 0.29) is 6.42 Å². The lowest BCUT2D eigenvalue weighted by Gasteiger charge is -2.19. The van der Waals surface area contributed by atoms with Gasteiger partial charge in [-0.05, 0) is 30.5 Å². The predicted molar refractivity (Wildman–Crippen MR) is 78.1 cm³/mol. The first-order valence-corrected chi connectivity index (χ1v) is 7.47. The van der Waals surface area contributed by atoms with Crippen molar-refractivity contribution in [2.75, 3.05) is 13.7 Å². The number of ether oxygens (including phenoxy) is 2. The molecule has 5 nitrogen and oxygen atoms in total. The minimum Gasteiger partial charge on any atom is -0.467 e. The molecule has 1 amide bonds. The van der Waals surface area contributed by atoms with E-state index in [1.807, 2.05) is 0 Å². The Morgan fingerprint density at radius 2 is 2.00 bits per heavy atom. The van der Waals surface area contributed by atoms with Crippen molar-refractivity contribution in [2.45, 2.75) is 37.6 Å². The summed E-state index contributed by atoms with van der Waals surface area (Å²) in [6.07, 6.45) is -3.66. The maximum atomic E-state index is 12.6. The van der Waals surface area contributed by atoms with Crippen LogP contribution in [0.2, 0.25) is 0 Å². The summed E-state index contributed by atoms with van der Waals surface area (Å²) >= 11 is 0. The van der Waals surface area contributed by atoms with Gasteiger partial charge in [0.25, 0.3) is 0 Å². The monoisotopic (exact) mass is 345 g/mol. The number of methoxy groups -OCH3 is 1. The number of nitrogens with one attached hydrogen (secondary N) is 1. The predicted octanol–water partition coefficient (Wildman–Crippen LogP) is 2.08. The third-order valence-electron chi connectivity index (χ3n) is 3.75. The molecule has 132 valence electrons. The number of rotatable bonds is 5. The molecule has 1 aliphatic rings. The molecule has 0 aliphatic carbocycles. The molecule has 1 fully saturated rings. The van der Waals surface area contributed by atoms with E-state index in [0.717, 1.165) is 18.6 Å². The van der Waals surface area contributed by atoms with Gasteiger partial charge in [-0.1, -0.05) is 12.1 Å². The number of hydrogen-bond acceptors (Lipinski definition) is 4. The quantitative estimate of drug-likeness (QED) is 0.830. The number of carbonyl (C=O) groups is 2. The van der Waals surface area contributed by atoms with Crippen molar-refractivity contribution in [1.29, 1.82) is 0 Å². The van der Waals surface area contributed by atoms with E-state index in [4.69, 9.17) is 4.74 Å². The van der Waals surface area contributed by atoms with Crippen LogP contribution in [0.5, 0.6) is 0 Å². The fourth-order valence-corrected chi connectivity index (χ4v) is 2.45. The number of esters is 1. The molecule has 0 unspecified atom stereocenters. The highest BCUT2D eigenvalue weighted by atomic mass is 19.4. The van der Waals surface area contributed by atoms with Gasteiger partial charge in [0.2, 0.25) is 5.91 Å². The second kappa shape index (κ2) is 7.65. The smallest absolute Gasteiger partial charge is 0.416 e. The van der Waals surface area contributed by atoms with Gasteiger partial charge in [0, 0.05) is 13.0 Å². The summed E-state index contributed by atoms with van der Waals surface area (Å²) in [6.45, 7) is 0.486. The largest absolute Gasteiger partial charge is 0.467 e. The SMILES string of the molecule is COC(=O)[C@@H](Cc1ccc(C(F)(F)F)cc1)NC(=O)[C@@H]1CCCO1. The first-order valence-electron chi connectivity index (χ1n) is 7.47. The molecule has 0 saturated carbocycles. The zero-order valence-electron chi connectivity index (χ0n) is 13.1. The van der Waals surface area contributed by atoms with E-state index in [1.165, 1.54) is 19.2 Å². The number of amides is 1. The number of hydrogen-bond donors (Lipinski definition) is 1. The maximum Gasteiger partial charge on any atom is 0.416 e. The average molecular weight is 345 g/mol.